The average Bonchev–Trinajstić information content (AvgIpc) is 2.68. The Labute approximate surface area is 157 Å². The van der Waals surface area contributed by atoms with Gasteiger partial charge in [0.15, 0.2) is 0 Å². The Kier molecular flexibility index (Phi) is 7.09. The van der Waals surface area contributed by atoms with E-state index in [4.69, 9.17) is 0 Å². The van der Waals surface area contributed by atoms with Gasteiger partial charge in [0.05, 0.1) is 0 Å². The third-order valence-corrected chi connectivity index (χ3v) is 5.40. The first-order valence-electron chi connectivity index (χ1n) is 9.86. The highest BCUT2D eigenvalue weighted by Crippen LogP contribution is 2.14. The Bertz CT molecular complexity index is 581. The third kappa shape index (κ3) is 5.85. The van der Waals surface area contributed by atoms with Gasteiger partial charge in [0.2, 0.25) is 0 Å². The Morgan fingerprint density at radius 2 is 1.92 bits per heavy atom. The van der Waals surface area contributed by atoms with Gasteiger partial charge in [-0.1, -0.05) is 42.5 Å². The van der Waals surface area contributed by atoms with E-state index in [0.717, 1.165) is 45.8 Å². The lowest BCUT2D eigenvalue weighted by Gasteiger charge is -2.35. The van der Waals surface area contributed by atoms with Crippen molar-refractivity contribution in [2.75, 3.05) is 59.4 Å². The first-order valence-corrected chi connectivity index (χ1v) is 9.86. The number of piperazine rings is 1. The van der Waals surface area contributed by atoms with E-state index in [2.05, 4.69) is 58.6 Å². The van der Waals surface area contributed by atoms with Crippen molar-refractivity contribution in [1.29, 1.82) is 0 Å². The SMILES string of the molecule is CN1CCC[C@H](CNC(=O)N2CCN(C/C=C/c3ccccc3)CC2)C1. The minimum absolute atomic E-state index is 0.109. The third-order valence-electron chi connectivity index (χ3n) is 5.40. The second kappa shape index (κ2) is 9.74. The fraction of sp³-hybridized carbons (Fsp3) is 0.571. The van der Waals surface area contributed by atoms with Crippen molar-refractivity contribution >= 4 is 12.1 Å². The van der Waals surface area contributed by atoms with Gasteiger partial charge in [-0.2, -0.15) is 0 Å². The van der Waals surface area contributed by atoms with Crippen molar-refractivity contribution in [3.63, 3.8) is 0 Å². The molecule has 0 spiro atoms. The number of piperidine rings is 1. The van der Waals surface area contributed by atoms with E-state index >= 15 is 0 Å². The van der Waals surface area contributed by atoms with E-state index in [-0.39, 0.29) is 6.03 Å². The number of nitrogens with one attached hydrogen (secondary N) is 1. The minimum atomic E-state index is 0.109. The maximum absolute atomic E-state index is 12.4. The van der Waals surface area contributed by atoms with E-state index < -0.39 is 0 Å². The van der Waals surface area contributed by atoms with E-state index in [1.54, 1.807) is 0 Å². The molecule has 1 N–H and O–H groups in total. The highest BCUT2D eigenvalue weighted by atomic mass is 16.2. The molecule has 2 aliphatic rings. The number of likely N-dealkylation sites (tertiary alicyclic amines) is 1. The van der Waals surface area contributed by atoms with Gasteiger partial charge in [-0.05, 0) is 37.9 Å². The molecule has 0 radical (unpaired) electrons. The summed E-state index contributed by atoms with van der Waals surface area (Å²) in [6, 6.07) is 10.5. The van der Waals surface area contributed by atoms with Crippen LogP contribution < -0.4 is 5.32 Å². The van der Waals surface area contributed by atoms with Crippen LogP contribution in [0, 0.1) is 5.92 Å². The van der Waals surface area contributed by atoms with E-state index in [1.165, 1.54) is 24.9 Å². The molecular formula is C21H32N4O. The number of nitrogens with zero attached hydrogens (tertiary/aromatic N) is 3. The predicted octanol–water partition coefficient (Wildman–Crippen LogP) is 2.37. The summed E-state index contributed by atoms with van der Waals surface area (Å²) < 4.78 is 0. The van der Waals surface area contributed by atoms with Crippen molar-refractivity contribution in [3.05, 3.63) is 42.0 Å². The fourth-order valence-corrected chi connectivity index (χ4v) is 3.82. The predicted molar refractivity (Wildman–Crippen MR) is 107 cm³/mol. The van der Waals surface area contributed by atoms with Gasteiger partial charge >= 0.3 is 6.03 Å². The number of hydrogen-bond donors (Lipinski definition) is 1. The second-order valence-electron chi connectivity index (χ2n) is 7.56. The number of carbonyl (C=O) groups excluding carboxylic acids is 1. The molecule has 0 aliphatic carbocycles. The van der Waals surface area contributed by atoms with E-state index in [0.29, 0.717) is 5.92 Å². The van der Waals surface area contributed by atoms with Crippen molar-refractivity contribution in [1.82, 2.24) is 20.0 Å². The number of hydrogen-bond acceptors (Lipinski definition) is 3. The van der Waals surface area contributed by atoms with Gasteiger partial charge in [0.1, 0.15) is 0 Å². The molecule has 0 unspecified atom stereocenters. The number of urea groups is 1. The van der Waals surface area contributed by atoms with Crippen LogP contribution in [0.2, 0.25) is 0 Å². The lowest BCUT2D eigenvalue weighted by Crippen LogP contribution is -2.52. The molecule has 0 bridgehead atoms. The zero-order chi connectivity index (χ0) is 18.2. The zero-order valence-electron chi connectivity index (χ0n) is 15.9. The highest BCUT2D eigenvalue weighted by Gasteiger charge is 2.22. The normalized spacial score (nSPS) is 22.7. The van der Waals surface area contributed by atoms with E-state index in [1.807, 2.05) is 11.0 Å². The molecule has 1 atom stereocenters. The molecule has 3 rings (SSSR count). The topological polar surface area (TPSA) is 38.8 Å². The zero-order valence-corrected chi connectivity index (χ0v) is 15.9. The molecule has 0 saturated carbocycles. The monoisotopic (exact) mass is 356 g/mol. The summed E-state index contributed by atoms with van der Waals surface area (Å²) in [6.07, 6.45) is 6.85. The number of rotatable bonds is 5. The van der Waals surface area contributed by atoms with Gasteiger partial charge in [0, 0.05) is 45.8 Å². The van der Waals surface area contributed by atoms with E-state index in [9.17, 15) is 4.79 Å². The summed E-state index contributed by atoms with van der Waals surface area (Å²) in [5.41, 5.74) is 1.24. The first-order chi connectivity index (χ1) is 12.7. The molecule has 2 fully saturated rings. The summed E-state index contributed by atoms with van der Waals surface area (Å²) in [6.45, 7) is 7.55. The van der Waals surface area contributed by atoms with Crippen LogP contribution in [0.4, 0.5) is 4.79 Å². The van der Waals surface area contributed by atoms with Crippen LogP contribution in [0.15, 0.2) is 36.4 Å². The summed E-state index contributed by atoms with van der Waals surface area (Å²) >= 11 is 0. The average molecular weight is 357 g/mol. The first kappa shape index (κ1) is 18.9. The molecule has 142 valence electrons. The van der Waals surface area contributed by atoms with Gasteiger partial charge in [-0.15, -0.1) is 0 Å². The number of benzene rings is 1. The summed E-state index contributed by atoms with van der Waals surface area (Å²) in [4.78, 5) is 19.1. The Morgan fingerprint density at radius 1 is 1.15 bits per heavy atom. The van der Waals surface area contributed by atoms with Crippen LogP contribution in [0.1, 0.15) is 18.4 Å². The molecule has 26 heavy (non-hydrogen) atoms. The fourth-order valence-electron chi connectivity index (χ4n) is 3.82. The van der Waals surface area contributed by atoms with Gasteiger partial charge in [0.25, 0.3) is 0 Å². The maximum Gasteiger partial charge on any atom is 0.317 e. The van der Waals surface area contributed by atoms with Crippen LogP contribution in [-0.2, 0) is 0 Å². The second-order valence-corrected chi connectivity index (χ2v) is 7.56. The lowest BCUT2D eigenvalue weighted by atomic mass is 9.99. The molecule has 2 amide bonds. The van der Waals surface area contributed by atoms with Crippen molar-refractivity contribution < 1.29 is 4.79 Å². The van der Waals surface area contributed by atoms with Crippen molar-refractivity contribution in [2.24, 2.45) is 5.92 Å². The molecule has 2 saturated heterocycles. The number of carbonyl (C=O) groups is 1. The Balaban J connectivity index is 1.34. The van der Waals surface area contributed by atoms with Crippen LogP contribution >= 0.6 is 0 Å². The van der Waals surface area contributed by atoms with Gasteiger partial charge in [-0.3, -0.25) is 4.90 Å². The van der Waals surface area contributed by atoms with Crippen molar-refractivity contribution in [2.45, 2.75) is 12.8 Å². The van der Waals surface area contributed by atoms with Crippen LogP contribution in [0.25, 0.3) is 6.08 Å². The van der Waals surface area contributed by atoms with Crippen LogP contribution in [-0.4, -0.2) is 80.1 Å². The summed E-state index contributed by atoms with van der Waals surface area (Å²) in [5, 5.41) is 3.15. The van der Waals surface area contributed by atoms with Crippen LogP contribution in [0.5, 0.6) is 0 Å². The molecule has 2 heterocycles. The maximum atomic E-state index is 12.4. The molecule has 5 nitrogen and oxygen atoms in total. The number of amides is 2. The van der Waals surface area contributed by atoms with Gasteiger partial charge < -0.3 is 15.1 Å². The quantitative estimate of drug-likeness (QED) is 0.880. The molecule has 5 heteroatoms. The Morgan fingerprint density at radius 3 is 2.65 bits per heavy atom. The highest BCUT2D eigenvalue weighted by molar-refractivity contribution is 5.74. The summed E-state index contributed by atoms with van der Waals surface area (Å²) in [7, 11) is 2.17. The molecule has 0 aromatic heterocycles. The van der Waals surface area contributed by atoms with Gasteiger partial charge in [-0.25, -0.2) is 4.79 Å². The molecule has 1 aromatic carbocycles. The van der Waals surface area contributed by atoms with Crippen molar-refractivity contribution in [3.8, 4) is 0 Å². The summed E-state index contributed by atoms with van der Waals surface area (Å²) in [5.74, 6) is 0.599. The largest absolute Gasteiger partial charge is 0.338 e. The van der Waals surface area contributed by atoms with Crippen LogP contribution in [0.3, 0.4) is 0 Å². The lowest BCUT2D eigenvalue weighted by molar-refractivity contribution is 0.143. The molecule has 1 aromatic rings. The smallest absolute Gasteiger partial charge is 0.317 e. The Hall–Kier alpha value is -1.85. The molecule has 2 aliphatic heterocycles. The standard InChI is InChI=1S/C21H32N4O/c1-23-11-5-10-20(18-23)17-22-21(26)25-15-13-24(14-16-25)12-6-9-19-7-3-2-4-8-19/h2-4,6-9,20H,5,10-18H2,1H3,(H,22,26)/b9-6+/t20-/m1/s1. The minimum Gasteiger partial charge on any atom is -0.338 e. The molecular weight excluding hydrogens is 324 g/mol.